The van der Waals surface area contributed by atoms with E-state index in [1.807, 2.05) is 0 Å². The average Bonchev–Trinajstić information content (AvgIpc) is 2.08. The first-order valence-corrected chi connectivity index (χ1v) is 6.45. The van der Waals surface area contributed by atoms with Gasteiger partial charge < -0.3 is 5.73 Å². The van der Waals surface area contributed by atoms with Crippen molar-refractivity contribution in [1.82, 2.24) is 4.31 Å². The van der Waals surface area contributed by atoms with Gasteiger partial charge in [0.2, 0.25) is 10.0 Å². The predicted octanol–water partition coefficient (Wildman–Crippen LogP) is 0.151. The average molecular weight is 206 g/mol. The molecule has 1 aliphatic heterocycles. The molecule has 0 aromatic carbocycles. The molecule has 0 bridgehead atoms. The van der Waals surface area contributed by atoms with E-state index in [4.69, 9.17) is 5.73 Å². The van der Waals surface area contributed by atoms with Gasteiger partial charge in [0, 0.05) is 13.1 Å². The zero-order valence-electron chi connectivity index (χ0n) is 7.91. The van der Waals surface area contributed by atoms with Gasteiger partial charge in [0.05, 0.1) is 5.75 Å². The van der Waals surface area contributed by atoms with Gasteiger partial charge in [-0.05, 0) is 32.2 Å². The smallest absolute Gasteiger partial charge is 0.214 e. The van der Waals surface area contributed by atoms with Crippen LogP contribution in [-0.4, -0.2) is 38.1 Å². The van der Waals surface area contributed by atoms with Gasteiger partial charge in [-0.25, -0.2) is 12.7 Å². The van der Waals surface area contributed by atoms with Gasteiger partial charge >= 0.3 is 0 Å². The van der Waals surface area contributed by atoms with E-state index in [0.717, 1.165) is 25.7 Å². The molecule has 0 amide bonds. The van der Waals surface area contributed by atoms with E-state index in [1.165, 1.54) is 0 Å². The maximum absolute atomic E-state index is 11.5. The van der Waals surface area contributed by atoms with Crippen molar-refractivity contribution in [2.24, 2.45) is 5.73 Å². The first kappa shape index (κ1) is 10.9. The molecule has 13 heavy (non-hydrogen) atoms. The highest BCUT2D eigenvalue weighted by Crippen LogP contribution is 2.13. The minimum absolute atomic E-state index is 0.329. The molecular weight excluding hydrogens is 188 g/mol. The summed E-state index contributed by atoms with van der Waals surface area (Å²) < 4.78 is 24.5. The number of nitrogens with two attached hydrogens (primary N) is 1. The third-order valence-electron chi connectivity index (χ3n) is 2.31. The Kier molecular flexibility index (Phi) is 4.15. The number of nitrogens with zero attached hydrogens (tertiary/aromatic N) is 1. The summed E-state index contributed by atoms with van der Waals surface area (Å²) in [5, 5.41) is 0. The molecule has 0 aromatic heterocycles. The van der Waals surface area contributed by atoms with E-state index in [9.17, 15) is 8.42 Å². The molecule has 1 fully saturated rings. The fourth-order valence-corrected chi connectivity index (χ4v) is 3.17. The number of hydrogen-bond acceptors (Lipinski definition) is 3. The number of unbranched alkanes of at least 4 members (excludes halogenated alkanes) is 1. The van der Waals surface area contributed by atoms with E-state index in [0.29, 0.717) is 25.4 Å². The topological polar surface area (TPSA) is 63.4 Å². The van der Waals surface area contributed by atoms with Crippen molar-refractivity contribution in [3.63, 3.8) is 0 Å². The molecule has 1 aliphatic rings. The molecule has 1 saturated heterocycles. The van der Waals surface area contributed by atoms with Crippen molar-refractivity contribution < 1.29 is 8.42 Å². The second-order valence-corrected chi connectivity index (χ2v) is 5.51. The van der Waals surface area contributed by atoms with Gasteiger partial charge in [0.25, 0.3) is 0 Å². The monoisotopic (exact) mass is 206 g/mol. The lowest BCUT2D eigenvalue weighted by Gasteiger charge is -2.25. The quantitative estimate of drug-likeness (QED) is 0.666. The molecule has 0 radical (unpaired) electrons. The molecule has 4 nitrogen and oxygen atoms in total. The Morgan fingerprint density at radius 1 is 1.23 bits per heavy atom. The van der Waals surface area contributed by atoms with Gasteiger partial charge in [0.1, 0.15) is 0 Å². The van der Waals surface area contributed by atoms with E-state index in [-0.39, 0.29) is 0 Å². The van der Waals surface area contributed by atoms with Gasteiger partial charge in [-0.3, -0.25) is 0 Å². The second kappa shape index (κ2) is 4.93. The van der Waals surface area contributed by atoms with Crippen LogP contribution in [0.1, 0.15) is 25.7 Å². The van der Waals surface area contributed by atoms with E-state index in [1.54, 1.807) is 4.31 Å². The van der Waals surface area contributed by atoms with Gasteiger partial charge in [-0.15, -0.1) is 0 Å². The predicted molar refractivity (Wildman–Crippen MR) is 52.9 cm³/mol. The minimum Gasteiger partial charge on any atom is -0.330 e. The van der Waals surface area contributed by atoms with Crippen LogP contribution in [0.2, 0.25) is 0 Å². The van der Waals surface area contributed by atoms with Crippen LogP contribution in [0, 0.1) is 0 Å². The molecule has 0 saturated carbocycles. The van der Waals surface area contributed by atoms with Crippen LogP contribution < -0.4 is 5.73 Å². The second-order valence-electron chi connectivity index (χ2n) is 3.42. The highest BCUT2D eigenvalue weighted by atomic mass is 32.2. The molecule has 1 heterocycles. The molecule has 1 rings (SSSR count). The maximum atomic E-state index is 11.5. The third kappa shape index (κ3) is 3.25. The van der Waals surface area contributed by atoms with Crippen LogP contribution >= 0.6 is 0 Å². The van der Waals surface area contributed by atoms with E-state index >= 15 is 0 Å². The van der Waals surface area contributed by atoms with Crippen molar-refractivity contribution in [1.29, 1.82) is 0 Å². The van der Waals surface area contributed by atoms with Crippen LogP contribution in [0.15, 0.2) is 0 Å². The van der Waals surface area contributed by atoms with Crippen molar-refractivity contribution in [2.75, 3.05) is 25.4 Å². The van der Waals surface area contributed by atoms with E-state index < -0.39 is 10.0 Å². The lowest BCUT2D eigenvalue weighted by atomic mass is 10.3. The Morgan fingerprint density at radius 3 is 2.62 bits per heavy atom. The lowest BCUT2D eigenvalue weighted by molar-refractivity contribution is 0.375. The van der Waals surface area contributed by atoms with Gasteiger partial charge in [-0.1, -0.05) is 0 Å². The standard InChI is InChI=1S/C8H18N2O2S/c9-5-1-2-6-10-7-3-4-8-13(10,11)12/h1-9H2. The van der Waals surface area contributed by atoms with Crippen LogP contribution in [-0.2, 0) is 10.0 Å². The summed E-state index contributed by atoms with van der Waals surface area (Å²) in [6.45, 7) is 2.00. The normalized spacial score (nSPS) is 23.2. The van der Waals surface area contributed by atoms with E-state index in [2.05, 4.69) is 0 Å². The van der Waals surface area contributed by atoms with Crippen LogP contribution in [0.4, 0.5) is 0 Å². The molecule has 0 aromatic rings. The molecular formula is C8H18N2O2S. The Hall–Kier alpha value is -0.130. The zero-order chi connectivity index (χ0) is 9.73. The van der Waals surface area contributed by atoms with Crippen LogP contribution in [0.5, 0.6) is 0 Å². The number of sulfonamides is 1. The molecule has 0 unspecified atom stereocenters. The van der Waals surface area contributed by atoms with Gasteiger partial charge in [0.15, 0.2) is 0 Å². The molecule has 0 aliphatic carbocycles. The van der Waals surface area contributed by atoms with Crippen LogP contribution in [0.25, 0.3) is 0 Å². The fourth-order valence-electron chi connectivity index (χ4n) is 1.52. The van der Waals surface area contributed by atoms with Crippen LogP contribution in [0.3, 0.4) is 0 Å². The summed E-state index contributed by atoms with van der Waals surface area (Å²) in [4.78, 5) is 0. The lowest BCUT2D eigenvalue weighted by Crippen LogP contribution is -2.38. The first-order chi connectivity index (χ1) is 6.17. The summed E-state index contributed by atoms with van der Waals surface area (Å²) in [6.07, 6.45) is 3.61. The highest BCUT2D eigenvalue weighted by Gasteiger charge is 2.24. The fraction of sp³-hybridized carbons (Fsp3) is 1.00. The number of hydrogen-bond donors (Lipinski definition) is 1. The highest BCUT2D eigenvalue weighted by molar-refractivity contribution is 7.89. The number of rotatable bonds is 4. The summed E-state index contributed by atoms with van der Waals surface area (Å²) in [5.74, 6) is 0.329. The minimum atomic E-state index is -2.91. The zero-order valence-corrected chi connectivity index (χ0v) is 8.72. The molecule has 78 valence electrons. The van der Waals surface area contributed by atoms with Crippen molar-refractivity contribution in [2.45, 2.75) is 25.7 Å². The first-order valence-electron chi connectivity index (χ1n) is 4.85. The maximum Gasteiger partial charge on any atom is 0.214 e. The summed E-state index contributed by atoms with van der Waals surface area (Å²) in [7, 11) is -2.91. The van der Waals surface area contributed by atoms with Crippen molar-refractivity contribution >= 4 is 10.0 Å². The Labute approximate surface area is 80.1 Å². The van der Waals surface area contributed by atoms with Crippen molar-refractivity contribution in [3.05, 3.63) is 0 Å². The Morgan fingerprint density at radius 2 is 2.00 bits per heavy atom. The Bertz CT molecular complexity index is 239. The van der Waals surface area contributed by atoms with Crippen molar-refractivity contribution in [3.8, 4) is 0 Å². The summed E-state index contributed by atoms with van der Waals surface area (Å²) in [6, 6.07) is 0. The van der Waals surface area contributed by atoms with Gasteiger partial charge in [-0.2, -0.15) is 0 Å². The summed E-state index contributed by atoms with van der Waals surface area (Å²) in [5.41, 5.74) is 5.34. The largest absolute Gasteiger partial charge is 0.330 e. The summed E-state index contributed by atoms with van der Waals surface area (Å²) >= 11 is 0. The SMILES string of the molecule is NCCCCN1CCCCS1(=O)=O. The molecule has 0 spiro atoms. The molecule has 0 atom stereocenters. The Balaban J connectivity index is 2.38. The third-order valence-corrected chi connectivity index (χ3v) is 4.27. The molecule has 2 N–H and O–H groups in total. The molecule has 5 heteroatoms.